The van der Waals surface area contributed by atoms with Crippen LogP contribution >= 0.6 is 11.6 Å². The number of nitrogens with one attached hydrogen (secondary N) is 2. The van der Waals surface area contributed by atoms with Gasteiger partial charge in [0.1, 0.15) is 29.4 Å². The summed E-state index contributed by atoms with van der Waals surface area (Å²) in [6.45, 7) is 0.0272. The standard InChI is InChI=1S/C33H26ClN3O7/c1-42-29-10-6-5-9-27(29)35-30(38)20-44-28-16-11-22(18-26(28)34)17-25-31(39)36-33(41)37(32(25)40)23-12-14-24(15-13-23)43-19-21-7-3-2-4-8-21/h2-18H,19-20H2,1H3,(H,35,38)(H,36,39,41)/b25-17-. The quantitative estimate of drug-likeness (QED) is 0.176. The Morgan fingerprint density at radius 3 is 2.34 bits per heavy atom. The third-order valence-electron chi connectivity index (χ3n) is 6.45. The number of hydrogen-bond donors (Lipinski definition) is 2. The third kappa shape index (κ3) is 7.05. The predicted octanol–water partition coefficient (Wildman–Crippen LogP) is 5.61. The van der Waals surface area contributed by atoms with E-state index in [9.17, 15) is 19.2 Å². The smallest absolute Gasteiger partial charge is 0.335 e. The van der Waals surface area contributed by atoms with Crippen LogP contribution in [-0.4, -0.2) is 37.5 Å². The van der Waals surface area contributed by atoms with Gasteiger partial charge in [-0.05, 0) is 65.7 Å². The number of hydrogen-bond acceptors (Lipinski definition) is 7. The molecule has 0 unspecified atom stereocenters. The van der Waals surface area contributed by atoms with E-state index in [-0.39, 0.29) is 28.6 Å². The summed E-state index contributed by atoms with van der Waals surface area (Å²) in [5, 5.41) is 5.04. The van der Waals surface area contributed by atoms with Crippen LogP contribution in [0, 0.1) is 0 Å². The van der Waals surface area contributed by atoms with Crippen molar-refractivity contribution in [3.63, 3.8) is 0 Å². The largest absolute Gasteiger partial charge is 0.495 e. The molecule has 5 amide bonds. The maximum Gasteiger partial charge on any atom is 0.335 e. The van der Waals surface area contributed by atoms with Gasteiger partial charge in [-0.1, -0.05) is 60.1 Å². The second kappa shape index (κ2) is 13.6. The molecule has 0 bridgehead atoms. The number of benzene rings is 4. The molecule has 1 aliphatic heterocycles. The highest BCUT2D eigenvalue weighted by molar-refractivity contribution is 6.39. The SMILES string of the molecule is COc1ccccc1NC(=O)COc1ccc(/C=C2/C(=O)NC(=O)N(c3ccc(OCc4ccccc4)cc3)C2=O)cc1Cl. The van der Waals surface area contributed by atoms with Crippen molar-refractivity contribution in [1.29, 1.82) is 0 Å². The van der Waals surface area contributed by atoms with Gasteiger partial charge in [-0.3, -0.25) is 19.7 Å². The minimum absolute atomic E-state index is 0.145. The number of barbiturate groups is 1. The van der Waals surface area contributed by atoms with Crippen molar-refractivity contribution in [1.82, 2.24) is 5.32 Å². The zero-order chi connectivity index (χ0) is 31.1. The average Bonchev–Trinajstić information content (AvgIpc) is 3.03. The lowest BCUT2D eigenvalue weighted by Crippen LogP contribution is -2.54. The van der Waals surface area contributed by atoms with Crippen LogP contribution in [0.25, 0.3) is 6.08 Å². The molecule has 0 radical (unpaired) electrons. The second-order valence-corrected chi connectivity index (χ2v) is 9.86. The van der Waals surface area contributed by atoms with E-state index in [0.717, 1.165) is 10.5 Å². The summed E-state index contributed by atoms with van der Waals surface area (Å²) in [6.07, 6.45) is 1.32. The number of carbonyl (C=O) groups excluding carboxylic acids is 4. The van der Waals surface area contributed by atoms with Gasteiger partial charge in [0, 0.05) is 0 Å². The first-order chi connectivity index (χ1) is 21.3. The Balaban J connectivity index is 1.25. The Labute approximate surface area is 257 Å². The lowest BCUT2D eigenvalue weighted by molar-refractivity contribution is -0.122. The van der Waals surface area contributed by atoms with Gasteiger partial charge in [0.05, 0.1) is 23.5 Å². The molecule has 1 fully saturated rings. The molecule has 0 aromatic heterocycles. The fourth-order valence-corrected chi connectivity index (χ4v) is 4.54. The van der Waals surface area contributed by atoms with Gasteiger partial charge in [0.25, 0.3) is 17.7 Å². The molecule has 0 atom stereocenters. The predicted molar refractivity (Wildman–Crippen MR) is 165 cm³/mol. The molecule has 44 heavy (non-hydrogen) atoms. The first-order valence-corrected chi connectivity index (χ1v) is 13.7. The van der Waals surface area contributed by atoms with Gasteiger partial charge in [0.2, 0.25) is 0 Å². The fourth-order valence-electron chi connectivity index (χ4n) is 4.29. The highest BCUT2D eigenvalue weighted by atomic mass is 35.5. The number of imide groups is 2. The van der Waals surface area contributed by atoms with Gasteiger partial charge >= 0.3 is 6.03 Å². The lowest BCUT2D eigenvalue weighted by Gasteiger charge is -2.26. The van der Waals surface area contributed by atoms with Crippen LogP contribution < -0.4 is 29.7 Å². The summed E-state index contributed by atoms with van der Waals surface area (Å²) in [7, 11) is 1.50. The molecule has 222 valence electrons. The molecule has 1 heterocycles. The Morgan fingerprint density at radius 1 is 0.886 bits per heavy atom. The minimum atomic E-state index is -0.872. The van der Waals surface area contributed by atoms with Crippen LogP contribution in [0.3, 0.4) is 0 Å². The Bertz CT molecular complexity index is 1740. The summed E-state index contributed by atoms with van der Waals surface area (Å²) >= 11 is 6.37. The zero-order valence-corrected chi connectivity index (χ0v) is 24.2. The number of anilines is 2. The van der Waals surface area contributed by atoms with E-state index in [1.54, 1.807) is 54.6 Å². The van der Waals surface area contributed by atoms with Crippen LogP contribution in [0.4, 0.5) is 16.2 Å². The summed E-state index contributed by atoms with van der Waals surface area (Å²) in [5.74, 6) is -0.812. The Kier molecular flexibility index (Phi) is 9.22. The number of urea groups is 1. The number of ether oxygens (including phenoxy) is 3. The van der Waals surface area contributed by atoms with Gasteiger partial charge < -0.3 is 19.5 Å². The van der Waals surface area contributed by atoms with Crippen molar-refractivity contribution in [3.8, 4) is 17.2 Å². The molecule has 10 nitrogen and oxygen atoms in total. The van der Waals surface area contributed by atoms with Crippen LogP contribution in [-0.2, 0) is 21.0 Å². The average molecular weight is 612 g/mol. The maximum absolute atomic E-state index is 13.3. The lowest BCUT2D eigenvalue weighted by atomic mass is 10.1. The Morgan fingerprint density at radius 2 is 1.61 bits per heavy atom. The number of nitrogens with zero attached hydrogens (tertiary/aromatic N) is 1. The Hall–Kier alpha value is -5.61. The topological polar surface area (TPSA) is 123 Å². The maximum atomic E-state index is 13.3. The van der Waals surface area contributed by atoms with Crippen LogP contribution in [0.15, 0.2) is 103 Å². The van der Waals surface area contributed by atoms with Crippen molar-refractivity contribution in [2.75, 3.05) is 23.9 Å². The van der Waals surface area contributed by atoms with E-state index in [0.29, 0.717) is 29.4 Å². The summed E-state index contributed by atoms with van der Waals surface area (Å²) in [5.41, 5.74) is 1.87. The minimum Gasteiger partial charge on any atom is -0.495 e. The number of methoxy groups -OCH3 is 1. The van der Waals surface area contributed by atoms with Gasteiger partial charge in [0.15, 0.2) is 6.61 Å². The first-order valence-electron chi connectivity index (χ1n) is 13.4. The van der Waals surface area contributed by atoms with Crippen molar-refractivity contribution in [2.45, 2.75) is 6.61 Å². The van der Waals surface area contributed by atoms with E-state index >= 15 is 0 Å². The molecule has 1 aliphatic rings. The summed E-state index contributed by atoms with van der Waals surface area (Å²) in [6, 6.07) is 26.6. The van der Waals surface area contributed by atoms with Crippen molar-refractivity contribution in [2.24, 2.45) is 0 Å². The number of rotatable bonds is 10. The summed E-state index contributed by atoms with van der Waals surface area (Å²) in [4.78, 5) is 51.8. The van der Waals surface area contributed by atoms with E-state index in [1.807, 2.05) is 30.3 Å². The number of carbonyl (C=O) groups is 4. The first kappa shape index (κ1) is 29.9. The van der Waals surface area contributed by atoms with Crippen molar-refractivity contribution >= 4 is 52.8 Å². The van der Waals surface area contributed by atoms with E-state index in [1.165, 1.54) is 25.3 Å². The number of amides is 5. The highest BCUT2D eigenvalue weighted by Crippen LogP contribution is 2.29. The fraction of sp³-hybridized carbons (Fsp3) is 0.0909. The molecular weight excluding hydrogens is 586 g/mol. The number of para-hydroxylation sites is 2. The summed E-state index contributed by atoms with van der Waals surface area (Å²) < 4.78 is 16.6. The molecule has 2 N–H and O–H groups in total. The molecule has 5 rings (SSSR count). The third-order valence-corrected chi connectivity index (χ3v) is 6.75. The molecule has 0 saturated carbocycles. The van der Waals surface area contributed by atoms with Gasteiger partial charge in [-0.15, -0.1) is 0 Å². The molecular formula is C33H26ClN3O7. The van der Waals surface area contributed by atoms with Gasteiger partial charge in [-0.25, -0.2) is 9.69 Å². The normalized spacial score (nSPS) is 13.8. The van der Waals surface area contributed by atoms with Crippen LogP contribution in [0.1, 0.15) is 11.1 Å². The van der Waals surface area contributed by atoms with Gasteiger partial charge in [-0.2, -0.15) is 0 Å². The molecule has 0 aliphatic carbocycles. The van der Waals surface area contributed by atoms with E-state index < -0.39 is 23.8 Å². The number of halogens is 1. The second-order valence-electron chi connectivity index (χ2n) is 9.45. The highest BCUT2D eigenvalue weighted by Gasteiger charge is 2.36. The van der Waals surface area contributed by atoms with E-state index in [4.69, 9.17) is 25.8 Å². The van der Waals surface area contributed by atoms with Crippen LogP contribution in [0.5, 0.6) is 17.2 Å². The molecule has 0 spiro atoms. The van der Waals surface area contributed by atoms with E-state index in [2.05, 4.69) is 10.6 Å². The van der Waals surface area contributed by atoms with Crippen molar-refractivity contribution < 1.29 is 33.4 Å². The van der Waals surface area contributed by atoms with Crippen molar-refractivity contribution in [3.05, 3.63) is 119 Å². The monoisotopic (exact) mass is 611 g/mol. The molecule has 4 aromatic rings. The zero-order valence-electron chi connectivity index (χ0n) is 23.4. The molecule has 1 saturated heterocycles. The molecule has 4 aromatic carbocycles. The molecule has 11 heteroatoms. The van der Waals surface area contributed by atoms with Crippen LogP contribution in [0.2, 0.25) is 5.02 Å².